The molecule has 0 radical (unpaired) electrons. The van der Waals surface area contributed by atoms with E-state index >= 15 is 0 Å². The summed E-state index contributed by atoms with van der Waals surface area (Å²) in [7, 11) is 1.68. The van der Waals surface area contributed by atoms with E-state index in [0.29, 0.717) is 6.54 Å². The first-order valence-electron chi connectivity index (χ1n) is 5.35. The number of hydrogen-bond donors (Lipinski definition) is 2. The minimum atomic E-state index is -0.494. The van der Waals surface area contributed by atoms with Crippen LogP contribution in [-0.2, 0) is 6.54 Å². The van der Waals surface area contributed by atoms with Crippen LogP contribution in [0.2, 0.25) is 0 Å². The van der Waals surface area contributed by atoms with Crippen molar-refractivity contribution in [1.82, 2.24) is 5.32 Å². The van der Waals surface area contributed by atoms with Crippen molar-refractivity contribution in [2.24, 2.45) is 0 Å². The van der Waals surface area contributed by atoms with Gasteiger partial charge in [0, 0.05) is 23.7 Å². The van der Waals surface area contributed by atoms with Gasteiger partial charge in [-0.15, -0.1) is 11.3 Å². The number of rotatable bonds is 5. The first-order valence-corrected chi connectivity index (χ1v) is 7.32. The number of nitrogens with one attached hydrogen (secondary N) is 1. The first-order chi connectivity index (χ1) is 7.72. The molecule has 16 heavy (non-hydrogen) atoms. The van der Waals surface area contributed by atoms with Crippen molar-refractivity contribution in [2.75, 3.05) is 25.2 Å². The number of aliphatic hydroxyl groups is 1. The lowest BCUT2D eigenvalue weighted by Gasteiger charge is -2.21. The summed E-state index contributed by atoms with van der Waals surface area (Å²) < 4.78 is 5.13. The van der Waals surface area contributed by atoms with E-state index in [9.17, 15) is 5.11 Å². The Morgan fingerprint density at radius 1 is 1.56 bits per heavy atom. The molecule has 2 heterocycles. The van der Waals surface area contributed by atoms with Crippen molar-refractivity contribution in [3.63, 3.8) is 0 Å². The van der Waals surface area contributed by atoms with Crippen LogP contribution in [0.1, 0.15) is 11.3 Å². The molecule has 1 fully saturated rings. The lowest BCUT2D eigenvalue weighted by atomic mass is 10.0. The number of thiophene rings is 1. The molecule has 1 atom stereocenters. The molecule has 0 saturated carbocycles. The van der Waals surface area contributed by atoms with E-state index in [2.05, 4.69) is 11.4 Å². The second-order valence-electron chi connectivity index (χ2n) is 4.06. The van der Waals surface area contributed by atoms with Crippen molar-refractivity contribution in [1.29, 1.82) is 0 Å². The summed E-state index contributed by atoms with van der Waals surface area (Å²) in [4.78, 5) is 1.24. The van der Waals surface area contributed by atoms with E-state index < -0.39 is 5.60 Å². The maximum absolute atomic E-state index is 10.1. The topological polar surface area (TPSA) is 41.5 Å². The van der Waals surface area contributed by atoms with E-state index in [4.69, 9.17) is 4.74 Å². The highest BCUT2D eigenvalue weighted by Crippen LogP contribution is 2.27. The van der Waals surface area contributed by atoms with Crippen molar-refractivity contribution in [2.45, 2.75) is 18.6 Å². The fourth-order valence-corrected chi connectivity index (χ4v) is 3.80. The van der Waals surface area contributed by atoms with Crippen LogP contribution in [0, 0.1) is 0 Å². The summed E-state index contributed by atoms with van der Waals surface area (Å²) in [6.45, 7) is 1.49. The van der Waals surface area contributed by atoms with Crippen LogP contribution in [0.25, 0.3) is 0 Å². The Balaban J connectivity index is 1.75. The van der Waals surface area contributed by atoms with E-state index in [1.807, 2.05) is 17.8 Å². The number of methoxy groups -OCH3 is 1. The number of hydrogen-bond acceptors (Lipinski definition) is 5. The van der Waals surface area contributed by atoms with Gasteiger partial charge in [-0.25, -0.2) is 0 Å². The van der Waals surface area contributed by atoms with Crippen molar-refractivity contribution >= 4 is 23.1 Å². The number of thioether (sulfide) groups is 1. The third kappa shape index (κ3) is 3.13. The standard InChI is InChI=1S/C11H17NO2S2/c1-14-10-3-2-9(16-10)6-12-7-11(13)4-5-15-8-11/h2-3,12-13H,4-8H2,1H3. The third-order valence-corrected chi connectivity index (χ3v) is 4.95. The molecule has 0 bridgehead atoms. The average Bonchev–Trinajstić information content (AvgIpc) is 2.88. The van der Waals surface area contributed by atoms with Gasteiger partial charge in [0.05, 0.1) is 12.7 Å². The van der Waals surface area contributed by atoms with Gasteiger partial charge >= 0.3 is 0 Å². The predicted octanol–water partition coefficient (Wildman–Crippen LogP) is 1.71. The van der Waals surface area contributed by atoms with Crippen LogP contribution in [-0.4, -0.2) is 35.9 Å². The van der Waals surface area contributed by atoms with Gasteiger partial charge in [0.2, 0.25) is 0 Å². The molecule has 0 spiro atoms. The Morgan fingerprint density at radius 3 is 3.06 bits per heavy atom. The number of ether oxygens (including phenoxy) is 1. The fourth-order valence-electron chi connectivity index (χ4n) is 1.72. The molecule has 1 aromatic heterocycles. The molecular weight excluding hydrogens is 242 g/mol. The van der Waals surface area contributed by atoms with Gasteiger partial charge in [-0.05, 0) is 24.3 Å². The third-order valence-electron chi connectivity index (χ3n) is 2.67. The normalized spacial score (nSPS) is 24.9. The van der Waals surface area contributed by atoms with Crippen LogP contribution in [0.3, 0.4) is 0 Å². The Labute approximate surface area is 104 Å². The molecule has 2 rings (SSSR count). The van der Waals surface area contributed by atoms with Gasteiger partial charge < -0.3 is 15.2 Å². The van der Waals surface area contributed by atoms with Gasteiger partial charge in [-0.3, -0.25) is 0 Å². The van der Waals surface area contributed by atoms with Crippen LogP contribution >= 0.6 is 23.1 Å². The largest absolute Gasteiger partial charge is 0.487 e. The summed E-state index contributed by atoms with van der Waals surface area (Å²) in [5.41, 5.74) is -0.494. The highest BCUT2D eigenvalue weighted by molar-refractivity contribution is 7.99. The molecule has 1 saturated heterocycles. The molecule has 1 aliphatic rings. The summed E-state index contributed by atoms with van der Waals surface area (Å²) in [6.07, 6.45) is 0.901. The van der Waals surface area contributed by atoms with Crippen molar-refractivity contribution < 1.29 is 9.84 Å². The molecule has 90 valence electrons. The molecule has 1 unspecified atom stereocenters. The second-order valence-corrected chi connectivity index (χ2v) is 6.29. The molecular formula is C11H17NO2S2. The van der Waals surface area contributed by atoms with Crippen molar-refractivity contribution in [3.8, 4) is 5.06 Å². The molecule has 0 aromatic carbocycles. The Kier molecular flexibility index (Phi) is 4.13. The molecule has 3 nitrogen and oxygen atoms in total. The highest BCUT2D eigenvalue weighted by atomic mass is 32.2. The smallest absolute Gasteiger partial charge is 0.173 e. The summed E-state index contributed by atoms with van der Waals surface area (Å²) in [5, 5.41) is 14.4. The van der Waals surface area contributed by atoms with Crippen molar-refractivity contribution in [3.05, 3.63) is 17.0 Å². The van der Waals surface area contributed by atoms with Gasteiger partial charge in [-0.2, -0.15) is 11.8 Å². The van der Waals surface area contributed by atoms with Gasteiger partial charge in [0.25, 0.3) is 0 Å². The van der Waals surface area contributed by atoms with E-state index in [1.54, 1.807) is 18.4 Å². The maximum atomic E-state index is 10.1. The summed E-state index contributed by atoms with van der Waals surface area (Å²) in [5.74, 6) is 1.93. The maximum Gasteiger partial charge on any atom is 0.173 e. The molecule has 0 amide bonds. The Hall–Kier alpha value is -0.230. The molecule has 0 aliphatic carbocycles. The first kappa shape index (κ1) is 12.2. The second kappa shape index (κ2) is 5.40. The quantitative estimate of drug-likeness (QED) is 0.845. The fraction of sp³-hybridized carbons (Fsp3) is 0.636. The lowest BCUT2D eigenvalue weighted by Crippen LogP contribution is -2.40. The Bertz CT molecular complexity index is 334. The van der Waals surface area contributed by atoms with E-state index in [1.165, 1.54) is 4.88 Å². The zero-order valence-electron chi connectivity index (χ0n) is 9.36. The van der Waals surface area contributed by atoms with Crippen LogP contribution in [0.15, 0.2) is 12.1 Å². The van der Waals surface area contributed by atoms with Crippen LogP contribution in [0.4, 0.5) is 0 Å². The minimum absolute atomic E-state index is 0.494. The minimum Gasteiger partial charge on any atom is -0.487 e. The summed E-state index contributed by atoms with van der Waals surface area (Å²) >= 11 is 3.47. The SMILES string of the molecule is COc1ccc(CNCC2(O)CCSC2)s1. The molecule has 5 heteroatoms. The summed E-state index contributed by atoms with van der Waals surface area (Å²) in [6, 6.07) is 4.03. The molecule has 2 N–H and O–H groups in total. The van der Waals surface area contributed by atoms with E-state index in [0.717, 1.165) is 29.5 Å². The average molecular weight is 259 g/mol. The van der Waals surface area contributed by atoms with E-state index in [-0.39, 0.29) is 0 Å². The monoisotopic (exact) mass is 259 g/mol. The molecule has 1 aromatic rings. The van der Waals surface area contributed by atoms with Gasteiger partial charge in [0.1, 0.15) is 0 Å². The Morgan fingerprint density at radius 2 is 2.44 bits per heavy atom. The predicted molar refractivity (Wildman–Crippen MR) is 69.5 cm³/mol. The van der Waals surface area contributed by atoms with Crippen LogP contribution in [0.5, 0.6) is 5.06 Å². The highest BCUT2D eigenvalue weighted by Gasteiger charge is 2.30. The zero-order chi connectivity index (χ0) is 11.4. The van der Waals surface area contributed by atoms with Crippen LogP contribution < -0.4 is 10.1 Å². The lowest BCUT2D eigenvalue weighted by molar-refractivity contribution is 0.0675. The zero-order valence-corrected chi connectivity index (χ0v) is 11.0. The molecule has 1 aliphatic heterocycles. The van der Waals surface area contributed by atoms with Gasteiger partial charge in [0.15, 0.2) is 5.06 Å². The van der Waals surface area contributed by atoms with Gasteiger partial charge in [-0.1, -0.05) is 0 Å².